The molecule has 0 aromatic carbocycles. The van der Waals surface area contributed by atoms with Gasteiger partial charge in [-0.25, -0.2) is 14.8 Å². The Balaban J connectivity index is 2.68. The molecule has 0 aliphatic rings. The second kappa shape index (κ2) is 3.15. The number of nitrogens with zero attached hydrogens (tertiary/aromatic N) is 3. The molecule has 9 heteroatoms. The molecule has 0 radical (unpaired) electrons. The van der Waals surface area contributed by atoms with Gasteiger partial charge in [-0.3, -0.25) is 0 Å². The molecule has 1 N–H and O–H groups in total. The van der Waals surface area contributed by atoms with Crippen molar-refractivity contribution < 1.29 is 27.6 Å². The minimum absolute atomic E-state index is 0.148. The average molecular weight is 233 g/mol. The van der Waals surface area contributed by atoms with E-state index in [1.165, 1.54) is 0 Å². The van der Waals surface area contributed by atoms with Crippen molar-refractivity contribution in [3.63, 3.8) is 0 Å². The highest BCUT2D eigenvalue weighted by Crippen LogP contribution is 2.27. The van der Waals surface area contributed by atoms with Gasteiger partial charge in [0.25, 0.3) is 5.76 Å². The lowest BCUT2D eigenvalue weighted by Crippen LogP contribution is -2.11. The molecule has 0 aliphatic heterocycles. The summed E-state index contributed by atoms with van der Waals surface area (Å²) < 4.78 is 41.0. The van der Waals surface area contributed by atoms with Gasteiger partial charge in [-0.15, -0.1) is 0 Å². The predicted octanol–water partition coefficient (Wildman–Crippen LogP) is 1.33. The third kappa shape index (κ3) is 1.55. The van der Waals surface area contributed by atoms with Gasteiger partial charge in [-0.05, 0) is 0 Å². The lowest BCUT2D eigenvalue weighted by molar-refractivity contribution is -0.144. The highest BCUT2D eigenvalue weighted by atomic mass is 19.4. The van der Waals surface area contributed by atoms with E-state index >= 15 is 0 Å². The van der Waals surface area contributed by atoms with Crippen molar-refractivity contribution in [2.75, 3.05) is 0 Å². The fraction of sp³-hybridized carbons (Fsp3) is 0.143. The van der Waals surface area contributed by atoms with Crippen LogP contribution in [0.2, 0.25) is 0 Å². The number of fused-ring (bicyclic) bond motifs is 1. The summed E-state index contributed by atoms with van der Waals surface area (Å²) in [6, 6.07) is 0. The second-order valence-corrected chi connectivity index (χ2v) is 2.74. The average Bonchev–Trinajstić information content (AvgIpc) is 2.58. The summed E-state index contributed by atoms with van der Waals surface area (Å²) in [5.74, 6) is -3.73. The molecule has 2 rings (SSSR count). The SMILES string of the molecule is O=C(O)c1onc2cnc(C(F)(F)F)nc12. The minimum atomic E-state index is -4.75. The summed E-state index contributed by atoms with van der Waals surface area (Å²) in [6.07, 6.45) is -4.00. The molecular weight excluding hydrogens is 231 g/mol. The summed E-state index contributed by atoms with van der Waals surface area (Å²) in [5.41, 5.74) is -0.625. The molecule has 6 nitrogen and oxygen atoms in total. The number of carboxylic acids is 1. The smallest absolute Gasteiger partial charge is 0.451 e. The van der Waals surface area contributed by atoms with Crippen molar-refractivity contribution >= 4 is 17.0 Å². The number of aromatic nitrogens is 3. The fourth-order valence-corrected chi connectivity index (χ4v) is 1.02. The minimum Gasteiger partial charge on any atom is -0.475 e. The van der Waals surface area contributed by atoms with Crippen LogP contribution in [0.4, 0.5) is 13.2 Å². The molecule has 0 saturated carbocycles. The summed E-state index contributed by atoms with van der Waals surface area (Å²) in [7, 11) is 0. The van der Waals surface area contributed by atoms with Gasteiger partial charge in [0.15, 0.2) is 5.52 Å². The Kier molecular flexibility index (Phi) is 2.04. The van der Waals surface area contributed by atoms with Crippen LogP contribution in [0, 0.1) is 0 Å². The van der Waals surface area contributed by atoms with E-state index in [9.17, 15) is 18.0 Å². The van der Waals surface area contributed by atoms with Crippen LogP contribution in [-0.2, 0) is 6.18 Å². The maximum absolute atomic E-state index is 12.2. The maximum atomic E-state index is 12.2. The van der Waals surface area contributed by atoms with Crippen molar-refractivity contribution in [2.45, 2.75) is 6.18 Å². The number of carboxylic acid groups (broad SMARTS) is 1. The number of halogens is 3. The van der Waals surface area contributed by atoms with Crippen molar-refractivity contribution in [3.05, 3.63) is 17.8 Å². The second-order valence-electron chi connectivity index (χ2n) is 2.74. The van der Waals surface area contributed by atoms with Gasteiger partial charge in [-0.1, -0.05) is 5.16 Å². The maximum Gasteiger partial charge on any atom is 0.451 e. The van der Waals surface area contributed by atoms with Gasteiger partial charge < -0.3 is 9.63 Å². The van der Waals surface area contributed by atoms with Crippen LogP contribution in [0.1, 0.15) is 16.4 Å². The molecule has 0 aliphatic carbocycles. The Morgan fingerprint density at radius 1 is 1.44 bits per heavy atom. The number of carbonyl (C=O) groups is 1. The van der Waals surface area contributed by atoms with Crippen LogP contribution < -0.4 is 0 Å². The number of alkyl halides is 3. The van der Waals surface area contributed by atoms with Crippen molar-refractivity contribution in [2.24, 2.45) is 0 Å². The Labute approximate surface area is 84.7 Å². The summed E-state index contributed by atoms with van der Waals surface area (Å²) in [4.78, 5) is 16.6. The van der Waals surface area contributed by atoms with E-state index in [-0.39, 0.29) is 5.52 Å². The number of rotatable bonds is 1. The normalized spacial score (nSPS) is 11.9. The third-order valence-electron chi connectivity index (χ3n) is 1.67. The highest BCUT2D eigenvalue weighted by molar-refractivity contribution is 5.97. The summed E-state index contributed by atoms with van der Waals surface area (Å²) >= 11 is 0. The monoisotopic (exact) mass is 233 g/mol. The standard InChI is InChI=1S/C7H2F3N3O3/c8-7(9,10)6-11-1-2-3(12-6)4(5(14)15)16-13-2/h1H,(H,14,15). The lowest BCUT2D eigenvalue weighted by Gasteiger charge is -2.02. The van der Waals surface area contributed by atoms with Gasteiger partial charge >= 0.3 is 12.1 Å². The Morgan fingerprint density at radius 2 is 2.12 bits per heavy atom. The number of hydrogen-bond donors (Lipinski definition) is 1. The van der Waals surface area contributed by atoms with Crippen LogP contribution in [-0.4, -0.2) is 26.2 Å². The van der Waals surface area contributed by atoms with E-state index in [0.717, 1.165) is 6.20 Å². The molecule has 2 aromatic heterocycles. The quantitative estimate of drug-likeness (QED) is 0.799. The van der Waals surface area contributed by atoms with Crippen LogP contribution in [0.3, 0.4) is 0 Å². The topological polar surface area (TPSA) is 89.1 Å². The van der Waals surface area contributed by atoms with Crippen LogP contribution in [0.15, 0.2) is 10.7 Å². The molecule has 0 saturated heterocycles. The zero-order valence-corrected chi connectivity index (χ0v) is 7.32. The van der Waals surface area contributed by atoms with E-state index < -0.39 is 29.2 Å². The molecular formula is C7H2F3N3O3. The van der Waals surface area contributed by atoms with Crippen molar-refractivity contribution in [1.29, 1.82) is 0 Å². The molecule has 2 aromatic rings. The van der Waals surface area contributed by atoms with Crippen molar-refractivity contribution in [1.82, 2.24) is 15.1 Å². The third-order valence-corrected chi connectivity index (χ3v) is 1.67. The first-order chi connectivity index (χ1) is 7.39. The molecule has 0 fully saturated rings. The fourth-order valence-electron chi connectivity index (χ4n) is 1.02. The predicted molar refractivity (Wildman–Crippen MR) is 41.6 cm³/mol. The van der Waals surface area contributed by atoms with E-state index in [1.54, 1.807) is 0 Å². The van der Waals surface area contributed by atoms with E-state index in [4.69, 9.17) is 5.11 Å². The Morgan fingerprint density at radius 3 is 2.69 bits per heavy atom. The van der Waals surface area contributed by atoms with Gasteiger partial charge in [0.2, 0.25) is 5.82 Å². The van der Waals surface area contributed by atoms with Crippen LogP contribution in [0.5, 0.6) is 0 Å². The molecule has 0 spiro atoms. The molecule has 0 atom stereocenters. The van der Waals surface area contributed by atoms with Gasteiger partial charge in [0.1, 0.15) is 5.52 Å². The Hall–Kier alpha value is -2.19. The van der Waals surface area contributed by atoms with E-state index in [1.807, 2.05) is 0 Å². The molecule has 84 valence electrons. The van der Waals surface area contributed by atoms with Gasteiger partial charge in [0, 0.05) is 0 Å². The van der Waals surface area contributed by atoms with Crippen LogP contribution >= 0.6 is 0 Å². The van der Waals surface area contributed by atoms with Crippen LogP contribution in [0.25, 0.3) is 11.0 Å². The van der Waals surface area contributed by atoms with E-state index in [0.29, 0.717) is 0 Å². The lowest BCUT2D eigenvalue weighted by atomic mass is 10.3. The Bertz CT molecular complexity index is 563. The van der Waals surface area contributed by atoms with Gasteiger partial charge in [-0.2, -0.15) is 13.2 Å². The highest BCUT2D eigenvalue weighted by Gasteiger charge is 2.35. The number of hydrogen-bond acceptors (Lipinski definition) is 5. The molecule has 16 heavy (non-hydrogen) atoms. The molecule has 0 amide bonds. The first-order valence-electron chi connectivity index (χ1n) is 3.82. The molecule has 0 unspecified atom stereocenters. The largest absolute Gasteiger partial charge is 0.475 e. The first kappa shape index (κ1) is 10.3. The van der Waals surface area contributed by atoms with E-state index in [2.05, 4.69) is 19.6 Å². The molecule has 2 heterocycles. The zero-order valence-electron chi connectivity index (χ0n) is 7.32. The summed E-state index contributed by atoms with van der Waals surface area (Å²) in [6.45, 7) is 0. The summed E-state index contributed by atoms with van der Waals surface area (Å²) in [5, 5.41) is 11.8. The van der Waals surface area contributed by atoms with Crippen molar-refractivity contribution in [3.8, 4) is 0 Å². The van der Waals surface area contributed by atoms with Gasteiger partial charge in [0.05, 0.1) is 6.20 Å². The zero-order chi connectivity index (χ0) is 11.9. The molecule has 0 bridgehead atoms. The number of aromatic carboxylic acids is 1. The first-order valence-corrected chi connectivity index (χ1v) is 3.82.